The number of amides is 1. The van der Waals surface area contributed by atoms with Crippen molar-refractivity contribution in [2.45, 2.75) is 31.9 Å². The molecule has 0 aromatic heterocycles. The molecule has 0 bridgehead atoms. The monoisotopic (exact) mass is 221 g/mol. The molecule has 0 aromatic carbocycles. The van der Waals surface area contributed by atoms with Gasteiger partial charge >= 0.3 is 6.18 Å². The number of alkyl halides is 3. The second kappa shape index (κ2) is 4.68. The molecule has 0 aliphatic carbocycles. The second-order valence-corrected chi connectivity index (χ2v) is 3.75. The molecule has 1 heterocycles. The topological polar surface area (TPSA) is 20.3 Å². The molecule has 1 aliphatic heterocycles. The minimum Gasteiger partial charge on any atom is -0.342 e. The van der Waals surface area contributed by atoms with E-state index in [1.165, 1.54) is 4.90 Å². The number of nitrogens with zero attached hydrogens (tertiary/aromatic N) is 1. The first kappa shape index (κ1) is 12.1. The maximum absolute atomic E-state index is 11.9. The van der Waals surface area contributed by atoms with Crippen molar-refractivity contribution in [3.05, 3.63) is 12.2 Å². The van der Waals surface area contributed by atoms with Crippen LogP contribution in [-0.4, -0.2) is 30.1 Å². The lowest BCUT2D eigenvalue weighted by molar-refractivity contribution is -0.149. The average molecular weight is 221 g/mol. The zero-order valence-electron chi connectivity index (χ0n) is 8.44. The first-order valence-corrected chi connectivity index (χ1v) is 4.89. The van der Waals surface area contributed by atoms with Crippen LogP contribution in [0.15, 0.2) is 12.2 Å². The van der Waals surface area contributed by atoms with Crippen molar-refractivity contribution < 1.29 is 18.0 Å². The fourth-order valence-corrected chi connectivity index (χ4v) is 1.48. The molecule has 15 heavy (non-hydrogen) atoms. The number of carbonyl (C=O) groups is 1. The maximum Gasteiger partial charge on any atom is 0.389 e. The molecular formula is C10H14F3NO. The predicted octanol–water partition coefficient (Wildman–Crippen LogP) is 2.51. The lowest BCUT2D eigenvalue weighted by Gasteiger charge is -2.28. The minimum atomic E-state index is -4.24. The van der Waals surface area contributed by atoms with Gasteiger partial charge in [-0.3, -0.25) is 4.79 Å². The third-order valence-electron chi connectivity index (χ3n) is 2.45. The van der Waals surface area contributed by atoms with Gasteiger partial charge in [-0.05, 0) is 12.8 Å². The normalized spacial score (nSPS) is 18.1. The fourth-order valence-electron chi connectivity index (χ4n) is 1.48. The maximum atomic E-state index is 11.9. The molecule has 2 nitrogen and oxygen atoms in total. The van der Waals surface area contributed by atoms with Crippen LogP contribution in [0.2, 0.25) is 0 Å². The zero-order valence-corrected chi connectivity index (χ0v) is 8.44. The van der Waals surface area contributed by atoms with Crippen LogP contribution in [0.3, 0.4) is 0 Å². The molecule has 0 unspecified atom stereocenters. The van der Waals surface area contributed by atoms with Gasteiger partial charge in [-0.15, -0.1) is 0 Å². The van der Waals surface area contributed by atoms with Crippen LogP contribution < -0.4 is 0 Å². The summed E-state index contributed by atoms with van der Waals surface area (Å²) in [6.07, 6.45) is -4.29. The van der Waals surface area contributed by atoms with E-state index in [9.17, 15) is 18.0 Å². The number of rotatable bonds is 2. The van der Waals surface area contributed by atoms with Gasteiger partial charge in [-0.1, -0.05) is 12.2 Å². The highest BCUT2D eigenvalue weighted by Crippen LogP contribution is 2.23. The van der Waals surface area contributed by atoms with E-state index in [-0.39, 0.29) is 0 Å². The van der Waals surface area contributed by atoms with E-state index in [4.69, 9.17) is 0 Å². The van der Waals surface area contributed by atoms with Gasteiger partial charge in [0.15, 0.2) is 0 Å². The smallest absolute Gasteiger partial charge is 0.342 e. The summed E-state index contributed by atoms with van der Waals surface area (Å²) in [5.41, 5.74) is 1.06. The summed E-state index contributed by atoms with van der Waals surface area (Å²) in [5.74, 6) is -0.403. The van der Waals surface area contributed by atoms with Crippen LogP contribution in [-0.2, 0) is 4.79 Å². The van der Waals surface area contributed by atoms with Crippen LogP contribution in [0.5, 0.6) is 0 Å². The number of hydrogen-bond acceptors (Lipinski definition) is 1. The largest absolute Gasteiger partial charge is 0.389 e. The number of hydrogen-bond donors (Lipinski definition) is 0. The zero-order chi connectivity index (χ0) is 11.5. The van der Waals surface area contributed by atoms with E-state index in [2.05, 4.69) is 6.58 Å². The Balaban J connectivity index is 2.31. The van der Waals surface area contributed by atoms with E-state index in [0.717, 1.165) is 5.57 Å². The summed E-state index contributed by atoms with van der Waals surface area (Å²) >= 11 is 0. The van der Waals surface area contributed by atoms with Crippen molar-refractivity contribution in [1.82, 2.24) is 4.90 Å². The van der Waals surface area contributed by atoms with E-state index >= 15 is 0 Å². The Labute approximate surface area is 86.7 Å². The summed E-state index contributed by atoms with van der Waals surface area (Å²) in [4.78, 5) is 12.8. The molecule has 1 rings (SSSR count). The molecule has 5 heteroatoms. The lowest BCUT2D eigenvalue weighted by Crippen LogP contribution is -2.36. The molecule has 1 aliphatic rings. The van der Waals surface area contributed by atoms with Gasteiger partial charge in [-0.25, -0.2) is 0 Å². The first-order valence-electron chi connectivity index (χ1n) is 4.89. The van der Waals surface area contributed by atoms with Crippen LogP contribution in [0.4, 0.5) is 13.2 Å². The molecular weight excluding hydrogens is 207 g/mol. The van der Waals surface area contributed by atoms with E-state index in [1.54, 1.807) is 0 Å². The highest BCUT2D eigenvalue weighted by atomic mass is 19.4. The number of piperidine rings is 1. The number of halogens is 3. The Kier molecular flexibility index (Phi) is 3.77. The quantitative estimate of drug-likeness (QED) is 0.656. The standard InChI is InChI=1S/C10H14F3NO/c1-8-3-6-14(7-4-8)9(15)2-5-10(11,12)13/h1-7H2. The van der Waals surface area contributed by atoms with E-state index in [0.29, 0.717) is 25.9 Å². The second-order valence-electron chi connectivity index (χ2n) is 3.75. The molecule has 0 atom stereocenters. The van der Waals surface area contributed by atoms with Crippen molar-refractivity contribution in [1.29, 1.82) is 0 Å². The third-order valence-corrected chi connectivity index (χ3v) is 2.45. The van der Waals surface area contributed by atoms with Crippen molar-refractivity contribution in [3.63, 3.8) is 0 Å². The van der Waals surface area contributed by atoms with Crippen LogP contribution >= 0.6 is 0 Å². The van der Waals surface area contributed by atoms with E-state index < -0.39 is 24.9 Å². The van der Waals surface area contributed by atoms with Crippen LogP contribution in [0, 0.1) is 0 Å². The van der Waals surface area contributed by atoms with Gasteiger partial charge in [0.2, 0.25) is 5.91 Å². The molecule has 0 spiro atoms. The SMILES string of the molecule is C=C1CCN(C(=O)CCC(F)(F)F)CC1. The van der Waals surface area contributed by atoms with E-state index in [1.807, 2.05) is 0 Å². The number of likely N-dealkylation sites (tertiary alicyclic amines) is 1. The summed E-state index contributed by atoms with van der Waals surface area (Å²) < 4.78 is 35.6. The van der Waals surface area contributed by atoms with Gasteiger partial charge in [0.05, 0.1) is 6.42 Å². The van der Waals surface area contributed by atoms with Crippen molar-refractivity contribution >= 4 is 5.91 Å². The first-order chi connectivity index (χ1) is 6.88. The van der Waals surface area contributed by atoms with Gasteiger partial charge in [0.25, 0.3) is 0 Å². The van der Waals surface area contributed by atoms with Gasteiger partial charge in [-0.2, -0.15) is 13.2 Å². The van der Waals surface area contributed by atoms with Gasteiger partial charge in [0.1, 0.15) is 0 Å². The summed E-state index contributed by atoms with van der Waals surface area (Å²) in [6.45, 7) is 4.79. The average Bonchev–Trinajstić information content (AvgIpc) is 2.14. The highest BCUT2D eigenvalue weighted by Gasteiger charge is 2.29. The number of carbonyl (C=O) groups excluding carboxylic acids is 1. The molecule has 1 amide bonds. The minimum absolute atomic E-state index is 0.403. The lowest BCUT2D eigenvalue weighted by atomic mass is 10.1. The van der Waals surface area contributed by atoms with Crippen LogP contribution in [0.25, 0.3) is 0 Å². The molecule has 1 fully saturated rings. The van der Waals surface area contributed by atoms with Crippen molar-refractivity contribution in [2.75, 3.05) is 13.1 Å². The summed E-state index contributed by atoms with van der Waals surface area (Å²) in [6, 6.07) is 0. The summed E-state index contributed by atoms with van der Waals surface area (Å²) in [5, 5.41) is 0. The Bertz CT molecular complexity index is 250. The molecule has 0 N–H and O–H groups in total. The summed E-state index contributed by atoms with van der Waals surface area (Å²) in [7, 11) is 0. The Morgan fingerprint density at radius 1 is 1.33 bits per heavy atom. The molecule has 1 saturated heterocycles. The third kappa shape index (κ3) is 4.36. The molecule has 0 radical (unpaired) electrons. The van der Waals surface area contributed by atoms with Crippen LogP contribution in [0.1, 0.15) is 25.7 Å². The Morgan fingerprint density at radius 3 is 2.33 bits per heavy atom. The molecule has 0 aromatic rings. The molecule has 0 saturated carbocycles. The van der Waals surface area contributed by atoms with Gasteiger partial charge in [0, 0.05) is 19.5 Å². The van der Waals surface area contributed by atoms with Gasteiger partial charge < -0.3 is 4.90 Å². The highest BCUT2D eigenvalue weighted by molar-refractivity contribution is 5.76. The fraction of sp³-hybridized carbons (Fsp3) is 0.700. The predicted molar refractivity (Wildman–Crippen MR) is 50.2 cm³/mol. The Hall–Kier alpha value is -1.00. The Morgan fingerprint density at radius 2 is 1.87 bits per heavy atom. The van der Waals surface area contributed by atoms with Crippen molar-refractivity contribution in [3.8, 4) is 0 Å². The molecule has 86 valence electrons. The van der Waals surface area contributed by atoms with Crippen molar-refractivity contribution in [2.24, 2.45) is 0 Å².